The Morgan fingerprint density at radius 1 is 1.16 bits per heavy atom. The van der Waals surface area contributed by atoms with Gasteiger partial charge in [-0.15, -0.1) is 0 Å². The second-order valence-electron chi connectivity index (χ2n) is 6.14. The number of aryl methyl sites for hydroxylation is 1. The molecule has 3 rings (SSSR count). The Morgan fingerprint density at radius 3 is 2.79 bits per heavy atom. The highest BCUT2D eigenvalue weighted by Crippen LogP contribution is 2.43. The van der Waals surface area contributed by atoms with E-state index in [1.54, 1.807) is 0 Å². The van der Waals surface area contributed by atoms with E-state index < -0.39 is 0 Å². The van der Waals surface area contributed by atoms with Crippen molar-refractivity contribution in [1.82, 2.24) is 0 Å². The van der Waals surface area contributed by atoms with Crippen LogP contribution in [-0.4, -0.2) is 17.4 Å². The molecule has 1 aromatic rings. The molecule has 1 aromatic carbocycles. The Labute approximate surface area is 115 Å². The van der Waals surface area contributed by atoms with Crippen LogP contribution in [0, 0.1) is 18.8 Å². The molecule has 0 amide bonds. The molecule has 3 unspecified atom stereocenters. The molecule has 0 spiro atoms. The number of para-hydroxylation sites is 1. The van der Waals surface area contributed by atoms with Crippen LogP contribution >= 0.6 is 0 Å². The number of rotatable bonds is 2. The number of benzene rings is 1. The van der Waals surface area contributed by atoms with Gasteiger partial charge in [0.2, 0.25) is 0 Å². The van der Waals surface area contributed by atoms with Gasteiger partial charge in [0.25, 0.3) is 0 Å². The van der Waals surface area contributed by atoms with E-state index in [1.165, 1.54) is 38.5 Å². The minimum absolute atomic E-state index is 0.380. The van der Waals surface area contributed by atoms with Crippen LogP contribution in [0.4, 0.5) is 0 Å². The molecule has 102 valence electrons. The summed E-state index contributed by atoms with van der Waals surface area (Å²) in [5, 5.41) is 10.0. The van der Waals surface area contributed by atoms with Gasteiger partial charge in [0, 0.05) is 11.8 Å². The number of aromatic hydroxyl groups is 1. The highest BCUT2D eigenvalue weighted by atomic mass is 16.3. The van der Waals surface area contributed by atoms with Gasteiger partial charge in [-0.1, -0.05) is 37.8 Å². The predicted molar refractivity (Wildman–Crippen MR) is 78.9 cm³/mol. The summed E-state index contributed by atoms with van der Waals surface area (Å²) in [4.78, 5) is 4.81. The Morgan fingerprint density at radius 2 is 1.95 bits per heavy atom. The molecule has 2 nitrogen and oxygen atoms in total. The average molecular weight is 257 g/mol. The zero-order valence-electron chi connectivity index (χ0n) is 11.7. The van der Waals surface area contributed by atoms with Crippen molar-refractivity contribution in [2.45, 2.75) is 51.5 Å². The van der Waals surface area contributed by atoms with Gasteiger partial charge in [-0.05, 0) is 43.2 Å². The lowest BCUT2D eigenvalue weighted by Crippen LogP contribution is -2.27. The van der Waals surface area contributed by atoms with Crippen LogP contribution < -0.4 is 0 Å². The molecule has 2 saturated carbocycles. The number of hydrogen-bond donors (Lipinski definition) is 1. The molecule has 2 heteroatoms. The van der Waals surface area contributed by atoms with E-state index in [2.05, 4.69) is 0 Å². The molecule has 0 bridgehead atoms. The highest BCUT2D eigenvalue weighted by Gasteiger charge is 2.35. The topological polar surface area (TPSA) is 32.6 Å². The van der Waals surface area contributed by atoms with Crippen LogP contribution in [-0.2, 0) is 0 Å². The van der Waals surface area contributed by atoms with Gasteiger partial charge in [0.15, 0.2) is 0 Å². The number of phenolic OH excluding ortho intramolecular Hbond substituents is 1. The zero-order valence-corrected chi connectivity index (χ0v) is 11.7. The molecule has 2 aliphatic carbocycles. The third kappa shape index (κ3) is 2.54. The molecule has 3 atom stereocenters. The molecule has 19 heavy (non-hydrogen) atoms. The maximum absolute atomic E-state index is 10.0. The lowest BCUT2D eigenvalue weighted by atomic mass is 9.78. The molecule has 1 N–H and O–H groups in total. The second-order valence-corrected chi connectivity index (χ2v) is 6.14. The number of aliphatic imine (C=N–C) groups is 1. The SMILES string of the molecule is Cc1cccc(C=NC2CCCC3CCCC32)c1O. The van der Waals surface area contributed by atoms with Crippen LogP contribution in [0.2, 0.25) is 0 Å². The summed E-state index contributed by atoms with van der Waals surface area (Å²) in [6, 6.07) is 6.35. The lowest BCUT2D eigenvalue weighted by molar-refractivity contribution is 0.242. The summed E-state index contributed by atoms with van der Waals surface area (Å²) in [7, 11) is 0. The summed E-state index contributed by atoms with van der Waals surface area (Å²) in [6.45, 7) is 1.93. The van der Waals surface area contributed by atoms with Gasteiger partial charge < -0.3 is 5.11 Å². The number of nitrogens with zero attached hydrogens (tertiary/aromatic N) is 1. The Balaban J connectivity index is 1.76. The number of fused-ring (bicyclic) bond motifs is 1. The molecular weight excluding hydrogens is 234 g/mol. The third-order valence-corrected chi connectivity index (χ3v) is 4.96. The van der Waals surface area contributed by atoms with E-state index in [1.807, 2.05) is 31.3 Å². The highest BCUT2D eigenvalue weighted by molar-refractivity contribution is 5.84. The van der Waals surface area contributed by atoms with Crippen LogP contribution in [0.15, 0.2) is 23.2 Å². The predicted octanol–water partition coefficient (Wildman–Crippen LogP) is 4.09. The summed E-state index contributed by atoms with van der Waals surface area (Å²) in [5.74, 6) is 2.10. The van der Waals surface area contributed by atoms with Crippen molar-refractivity contribution in [3.05, 3.63) is 29.3 Å². The fourth-order valence-corrected chi connectivity index (χ4v) is 3.88. The first-order valence-corrected chi connectivity index (χ1v) is 7.57. The molecule has 2 aliphatic rings. The lowest BCUT2D eigenvalue weighted by Gasteiger charge is -2.31. The zero-order chi connectivity index (χ0) is 13.2. The third-order valence-electron chi connectivity index (χ3n) is 4.96. The van der Waals surface area contributed by atoms with Crippen molar-refractivity contribution in [1.29, 1.82) is 0 Å². The van der Waals surface area contributed by atoms with Crippen molar-refractivity contribution >= 4 is 6.21 Å². The molecular formula is C17H23NO. The van der Waals surface area contributed by atoms with E-state index in [-0.39, 0.29) is 0 Å². The Hall–Kier alpha value is -1.31. The fraction of sp³-hybridized carbons (Fsp3) is 0.588. The minimum Gasteiger partial charge on any atom is -0.507 e. The number of phenols is 1. The smallest absolute Gasteiger partial charge is 0.127 e. The van der Waals surface area contributed by atoms with E-state index >= 15 is 0 Å². The van der Waals surface area contributed by atoms with Crippen molar-refractivity contribution < 1.29 is 5.11 Å². The van der Waals surface area contributed by atoms with Crippen molar-refractivity contribution in [2.75, 3.05) is 0 Å². The van der Waals surface area contributed by atoms with Crippen LogP contribution in [0.25, 0.3) is 0 Å². The summed E-state index contributed by atoms with van der Waals surface area (Å²) in [5.41, 5.74) is 1.78. The van der Waals surface area contributed by atoms with Crippen LogP contribution in [0.3, 0.4) is 0 Å². The van der Waals surface area contributed by atoms with Crippen LogP contribution in [0.5, 0.6) is 5.75 Å². The summed E-state index contributed by atoms with van der Waals surface area (Å²) in [6.07, 6.45) is 10.0. The monoisotopic (exact) mass is 257 g/mol. The standard InChI is InChI=1S/C17H23NO/c1-12-5-2-8-14(17(12)19)11-18-16-10-4-7-13-6-3-9-15(13)16/h2,5,8,11,13,15-16,19H,3-4,6-7,9-10H2,1H3. The first-order chi connectivity index (χ1) is 9.25. The maximum atomic E-state index is 10.0. The van der Waals surface area contributed by atoms with Crippen LogP contribution in [0.1, 0.15) is 49.7 Å². The molecule has 0 aromatic heterocycles. The molecule has 2 fully saturated rings. The van der Waals surface area contributed by atoms with Gasteiger partial charge in [0.05, 0.1) is 6.04 Å². The molecule has 0 saturated heterocycles. The van der Waals surface area contributed by atoms with Gasteiger partial charge in [-0.25, -0.2) is 0 Å². The van der Waals surface area contributed by atoms with Gasteiger partial charge in [-0.2, -0.15) is 0 Å². The van der Waals surface area contributed by atoms with Crippen molar-refractivity contribution in [3.8, 4) is 5.75 Å². The number of hydrogen-bond acceptors (Lipinski definition) is 2. The minimum atomic E-state index is 0.380. The summed E-state index contributed by atoms with van der Waals surface area (Å²) < 4.78 is 0. The summed E-state index contributed by atoms with van der Waals surface area (Å²) >= 11 is 0. The van der Waals surface area contributed by atoms with Gasteiger partial charge in [-0.3, -0.25) is 4.99 Å². The fourth-order valence-electron chi connectivity index (χ4n) is 3.88. The molecule has 0 radical (unpaired) electrons. The van der Waals surface area contributed by atoms with E-state index in [0.717, 1.165) is 23.0 Å². The normalized spacial score (nSPS) is 30.7. The molecule has 0 heterocycles. The van der Waals surface area contributed by atoms with E-state index in [0.29, 0.717) is 11.8 Å². The average Bonchev–Trinajstić information content (AvgIpc) is 2.89. The van der Waals surface area contributed by atoms with Gasteiger partial charge >= 0.3 is 0 Å². The first-order valence-electron chi connectivity index (χ1n) is 7.57. The molecule has 0 aliphatic heterocycles. The second kappa shape index (κ2) is 5.36. The Bertz CT molecular complexity index is 480. The van der Waals surface area contributed by atoms with Gasteiger partial charge in [0.1, 0.15) is 5.75 Å². The quantitative estimate of drug-likeness (QED) is 0.795. The Kier molecular flexibility index (Phi) is 3.58. The van der Waals surface area contributed by atoms with Crippen molar-refractivity contribution in [2.24, 2.45) is 16.8 Å². The maximum Gasteiger partial charge on any atom is 0.127 e. The van der Waals surface area contributed by atoms with E-state index in [9.17, 15) is 5.11 Å². The first kappa shape index (κ1) is 12.7. The largest absolute Gasteiger partial charge is 0.507 e. The van der Waals surface area contributed by atoms with Crippen molar-refractivity contribution in [3.63, 3.8) is 0 Å². The van der Waals surface area contributed by atoms with E-state index in [4.69, 9.17) is 4.99 Å².